The summed E-state index contributed by atoms with van der Waals surface area (Å²) in [5.74, 6) is -0.0304. The van der Waals surface area contributed by atoms with Crippen LogP contribution < -0.4 is 0 Å². The molecule has 0 saturated heterocycles. The van der Waals surface area contributed by atoms with Crippen LogP contribution in [0.5, 0.6) is 0 Å². The highest BCUT2D eigenvalue weighted by Crippen LogP contribution is 2.22. The molecule has 1 rings (SSSR count). The van der Waals surface area contributed by atoms with E-state index in [1.807, 2.05) is 0 Å². The van der Waals surface area contributed by atoms with E-state index in [4.69, 9.17) is 4.74 Å². The largest absolute Gasteiger partial charge is 0.462 e. The molecule has 1 fully saturated rings. The molecule has 0 unspecified atom stereocenters. The minimum Gasteiger partial charge on any atom is -0.462 e. The van der Waals surface area contributed by atoms with Crippen LogP contribution in [0.3, 0.4) is 0 Å². The van der Waals surface area contributed by atoms with Crippen LogP contribution in [0.15, 0.2) is 0 Å². The van der Waals surface area contributed by atoms with Gasteiger partial charge < -0.3 is 4.74 Å². The van der Waals surface area contributed by atoms with E-state index < -0.39 is 9.84 Å². The lowest BCUT2D eigenvalue weighted by Gasteiger charge is -2.25. The molecule has 1 aliphatic carbocycles. The molecule has 0 atom stereocenters. The molecule has 0 bridgehead atoms. The number of rotatable bonds is 6. The van der Waals surface area contributed by atoms with Gasteiger partial charge in [-0.15, -0.1) is 0 Å². The van der Waals surface area contributed by atoms with Crippen molar-refractivity contribution in [2.24, 2.45) is 0 Å². The Bertz CT molecular complexity index is 303. The number of hydrogen-bond donors (Lipinski definition) is 0. The van der Waals surface area contributed by atoms with Gasteiger partial charge in [-0.05, 0) is 32.1 Å². The van der Waals surface area contributed by atoms with E-state index in [1.54, 1.807) is 0 Å². The number of carbonyl (C=O) groups is 1. The number of ether oxygens (including phenoxy) is 1. The quantitative estimate of drug-likeness (QED) is 0.513. The molecule has 0 spiro atoms. The van der Waals surface area contributed by atoms with E-state index >= 15 is 0 Å². The van der Waals surface area contributed by atoms with Gasteiger partial charge in [0.1, 0.15) is 15.9 Å². The Morgan fingerprint density at radius 2 is 2.00 bits per heavy atom. The zero-order chi connectivity index (χ0) is 11.3. The summed E-state index contributed by atoms with van der Waals surface area (Å²) in [6, 6.07) is 0. The Balaban J connectivity index is 2.01. The average Bonchev–Trinajstić information content (AvgIpc) is 2.04. The molecule has 1 aliphatic rings. The molecule has 0 N–H and O–H groups in total. The molecular formula is C10H18O4S. The van der Waals surface area contributed by atoms with Gasteiger partial charge in [0.2, 0.25) is 0 Å². The Morgan fingerprint density at radius 3 is 2.47 bits per heavy atom. The lowest BCUT2D eigenvalue weighted by Crippen LogP contribution is -2.24. The maximum atomic E-state index is 11.2. The minimum absolute atomic E-state index is 0.132. The summed E-state index contributed by atoms with van der Waals surface area (Å²) in [7, 11) is -2.89. The zero-order valence-corrected chi connectivity index (χ0v) is 9.88. The van der Waals surface area contributed by atoms with Gasteiger partial charge in [-0.25, -0.2) is 8.42 Å². The molecule has 5 heteroatoms. The molecule has 0 aromatic carbocycles. The molecular weight excluding hydrogens is 216 g/mol. The zero-order valence-electron chi connectivity index (χ0n) is 9.07. The first kappa shape index (κ1) is 12.5. The first-order valence-electron chi connectivity index (χ1n) is 5.34. The van der Waals surface area contributed by atoms with Crippen molar-refractivity contribution in [2.75, 3.05) is 12.0 Å². The molecule has 0 aromatic rings. The summed E-state index contributed by atoms with van der Waals surface area (Å²) in [5.41, 5.74) is 0. The molecule has 0 aliphatic heterocycles. The summed E-state index contributed by atoms with van der Waals surface area (Å²) in [4.78, 5) is 11.2. The Kier molecular flexibility index (Phi) is 4.57. The highest BCUT2D eigenvalue weighted by molar-refractivity contribution is 7.90. The SMILES string of the molecule is CS(=O)(=O)CCCCC(=O)OC1CCC1. The molecule has 15 heavy (non-hydrogen) atoms. The second-order valence-corrected chi connectivity index (χ2v) is 6.39. The summed E-state index contributed by atoms with van der Waals surface area (Å²) in [6.45, 7) is 0. The van der Waals surface area contributed by atoms with Crippen LogP contribution in [-0.4, -0.2) is 32.5 Å². The van der Waals surface area contributed by atoms with Crippen molar-refractivity contribution < 1.29 is 17.9 Å². The fourth-order valence-electron chi connectivity index (χ4n) is 1.37. The normalized spacial score (nSPS) is 17.1. The highest BCUT2D eigenvalue weighted by Gasteiger charge is 2.21. The maximum absolute atomic E-state index is 11.2. The van der Waals surface area contributed by atoms with E-state index in [2.05, 4.69) is 0 Å². The van der Waals surface area contributed by atoms with Crippen molar-refractivity contribution in [3.8, 4) is 0 Å². The summed E-state index contributed by atoms with van der Waals surface area (Å²) in [6.07, 6.45) is 5.92. The molecule has 0 radical (unpaired) electrons. The van der Waals surface area contributed by atoms with Gasteiger partial charge in [0, 0.05) is 18.4 Å². The van der Waals surface area contributed by atoms with Gasteiger partial charge >= 0.3 is 5.97 Å². The van der Waals surface area contributed by atoms with Crippen LogP contribution in [-0.2, 0) is 19.4 Å². The fraction of sp³-hybridized carbons (Fsp3) is 0.900. The number of sulfone groups is 1. The standard InChI is InChI=1S/C10H18O4S/c1-15(12,13)8-3-2-7-10(11)14-9-5-4-6-9/h9H,2-8H2,1H3. The first-order chi connectivity index (χ1) is 6.97. The van der Waals surface area contributed by atoms with E-state index in [0.29, 0.717) is 19.3 Å². The monoisotopic (exact) mass is 234 g/mol. The Morgan fingerprint density at radius 1 is 1.33 bits per heavy atom. The third kappa shape index (κ3) is 5.77. The highest BCUT2D eigenvalue weighted by atomic mass is 32.2. The third-order valence-electron chi connectivity index (χ3n) is 2.50. The maximum Gasteiger partial charge on any atom is 0.306 e. The van der Waals surface area contributed by atoms with E-state index in [1.165, 1.54) is 6.26 Å². The van der Waals surface area contributed by atoms with Crippen LogP contribution in [0.4, 0.5) is 0 Å². The molecule has 4 nitrogen and oxygen atoms in total. The lowest BCUT2D eigenvalue weighted by atomic mass is 9.96. The second kappa shape index (κ2) is 5.49. The van der Waals surface area contributed by atoms with Crippen LogP contribution >= 0.6 is 0 Å². The third-order valence-corrected chi connectivity index (χ3v) is 3.53. The van der Waals surface area contributed by atoms with Crippen molar-refractivity contribution >= 4 is 15.8 Å². The summed E-state index contributed by atoms with van der Waals surface area (Å²) >= 11 is 0. The first-order valence-corrected chi connectivity index (χ1v) is 7.40. The van der Waals surface area contributed by atoms with Gasteiger partial charge in [0.15, 0.2) is 0 Å². The number of carbonyl (C=O) groups excluding carboxylic acids is 1. The van der Waals surface area contributed by atoms with E-state index in [9.17, 15) is 13.2 Å². The van der Waals surface area contributed by atoms with Gasteiger partial charge in [-0.3, -0.25) is 4.79 Å². The Hall–Kier alpha value is -0.580. The van der Waals surface area contributed by atoms with Crippen LogP contribution in [0.1, 0.15) is 38.5 Å². The van der Waals surface area contributed by atoms with Crippen molar-refractivity contribution in [3.63, 3.8) is 0 Å². The number of esters is 1. The lowest BCUT2D eigenvalue weighted by molar-refractivity contribution is -0.153. The second-order valence-electron chi connectivity index (χ2n) is 4.13. The van der Waals surface area contributed by atoms with Crippen molar-refractivity contribution in [2.45, 2.75) is 44.6 Å². The predicted molar refractivity (Wildman–Crippen MR) is 57.3 cm³/mol. The van der Waals surface area contributed by atoms with Crippen molar-refractivity contribution in [1.29, 1.82) is 0 Å². The Labute approximate surface area is 90.9 Å². The number of hydrogen-bond acceptors (Lipinski definition) is 4. The molecule has 0 amide bonds. The van der Waals surface area contributed by atoms with Crippen LogP contribution in [0.2, 0.25) is 0 Å². The van der Waals surface area contributed by atoms with Gasteiger partial charge in [0.25, 0.3) is 0 Å². The molecule has 0 heterocycles. The fourth-order valence-corrected chi connectivity index (χ4v) is 2.10. The summed E-state index contributed by atoms with van der Waals surface area (Å²) in [5, 5.41) is 0. The molecule has 88 valence electrons. The van der Waals surface area contributed by atoms with Crippen LogP contribution in [0, 0.1) is 0 Å². The smallest absolute Gasteiger partial charge is 0.306 e. The number of unbranched alkanes of at least 4 members (excludes halogenated alkanes) is 1. The van der Waals surface area contributed by atoms with Crippen molar-refractivity contribution in [3.05, 3.63) is 0 Å². The molecule has 0 aromatic heterocycles. The van der Waals surface area contributed by atoms with E-state index in [-0.39, 0.29) is 17.8 Å². The molecule has 1 saturated carbocycles. The van der Waals surface area contributed by atoms with Crippen molar-refractivity contribution in [1.82, 2.24) is 0 Å². The predicted octanol–water partition coefficient (Wildman–Crippen LogP) is 1.30. The minimum atomic E-state index is -2.89. The van der Waals surface area contributed by atoms with E-state index in [0.717, 1.165) is 19.3 Å². The van der Waals surface area contributed by atoms with Gasteiger partial charge in [-0.2, -0.15) is 0 Å². The average molecular weight is 234 g/mol. The van der Waals surface area contributed by atoms with Crippen LogP contribution in [0.25, 0.3) is 0 Å². The van der Waals surface area contributed by atoms with Gasteiger partial charge in [-0.1, -0.05) is 0 Å². The summed E-state index contributed by atoms with van der Waals surface area (Å²) < 4.78 is 26.7. The topological polar surface area (TPSA) is 60.4 Å². The van der Waals surface area contributed by atoms with Gasteiger partial charge in [0.05, 0.1) is 0 Å².